The Morgan fingerprint density at radius 2 is 1.84 bits per heavy atom. The van der Waals surface area contributed by atoms with Gasteiger partial charge in [-0.1, -0.05) is 18.2 Å². The van der Waals surface area contributed by atoms with Crippen molar-refractivity contribution in [2.45, 2.75) is 6.92 Å². The first kappa shape index (κ1) is 11.4. The lowest BCUT2D eigenvalue weighted by Gasteiger charge is -1.97. The molecule has 0 saturated carbocycles. The summed E-state index contributed by atoms with van der Waals surface area (Å²) in [7, 11) is 0. The third-order valence-corrected chi connectivity index (χ3v) is 2.79. The van der Waals surface area contributed by atoms with Gasteiger partial charge in [-0.15, -0.1) is 10.2 Å². The number of aromatic nitrogens is 2. The fraction of sp³-hybridized carbons (Fsp3) is 0.0714. The van der Waals surface area contributed by atoms with Crippen LogP contribution in [0.25, 0.3) is 5.65 Å². The Bertz CT molecular complexity index is 747. The van der Waals surface area contributed by atoms with Crippen LogP contribution in [0.4, 0.5) is 11.5 Å². The van der Waals surface area contributed by atoms with E-state index >= 15 is 0 Å². The molecule has 0 fully saturated rings. The van der Waals surface area contributed by atoms with E-state index in [1.165, 1.54) is 0 Å². The molecular weight excluding hydrogens is 240 g/mol. The number of hydrogen-bond acceptors (Lipinski definition) is 4. The molecule has 0 aliphatic carbocycles. The number of fused-ring (bicyclic) bond motifs is 1. The summed E-state index contributed by atoms with van der Waals surface area (Å²) in [5, 5.41) is 18.1. The minimum Gasteiger partial charge on any atom is -0.504 e. The number of azo groups is 1. The molecule has 0 saturated heterocycles. The molecule has 3 aromatic rings. The molecule has 0 amide bonds. The molecule has 0 radical (unpaired) electrons. The van der Waals surface area contributed by atoms with E-state index in [-0.39, 0.29) is 5.75 Å². The van der Waals surface area contributed by atoms with Gasteiger partial charge in [-0.2, -0.15) is 0 Å². The first-order valence-electron chi connectivity index (χ1n) is 5.89. The van der Waals surface area contributed by atoms with E-state index in [0.29, 0.717) is 11.5 Å². The summed E-state index contributed by atoms with van der Waals surface area (Å²) in [6.45, 7) is 1.84. The maximum absolute atomic E-state index is 9.74. The zero-order chi connectivity index (χ0) is 13.2. The highest BCUT2D eigenvalue weighted by molar-refractivity contribution is 5.59. The van der Waals surface area contributed by atoms with Crippen LogP contribution in [0, 0.1) is 6.92 Å². The predicted molar refractivity (Wildman–Crippen MR) is 72.2 cm³/mol. The molecule has 2 aromatic heterocycles. The van der Waals surface area contributed by atoms with Gasteiger partial charge >= 0.3 is 0 Å². The lowest BCUT2D eigenvalue weighted by molar-refractivity contribution is 0.477. The molecule has 0 bridgehead atoms. The van der Waals surface area contributed by atoms with Crippen molar-refractivity contribution in [1.82, 2.24) is 9.38 Å². The van der Waals surface area contributed by atoms with Crippen molar-refractivity contribution >= 4 is 17.2 Å². The molecule has 5 nitrogen and oxygen atoms in total. The van der Waals surface area contributed by atoms with E-state index in [1.54, 1.807) is 22.7 Å². The SMILES string of the molecule is Cc1nc2c(O)cccn2c1N=Nc1ccccc1. The van der Waals surface area contributed by atoms with Gasteiger partial charge in [-0.3, -0.25) is 4.40 Å². The summed E-state index contributed by atoms with van der Waals surface area (Å²) < 4.78 is 1.72. The number of rotatable bonds is 2. The molecular formula is C14H12N4O. The summed E-state index contributed by atoms with van der Waals surface area (Å²) in [4.78, 5) is 4.28. The fourth-order valence-corrected chi connectivity index (χ4v) is 1.87. The Morgan fingerprint density at radius 1 is 1.05 bits per heavy atom. The number of pyridine rings is 1. The number of imidazole rings is 1. The van der Waals surface area contributed by atoms with Crippen LogP contribution in [0.2, 0.25) is 0 Å². The van der Waals surface area contributed by atoms with E-state index < -0.39 is 0 Å². The molecule has 0 atom stereocenters. The standard InChI is InChI=1S/C14H12N4O/c1-10-13(17-16-11-6-3-2-4-7-11)18-9-5-8-12(19)14(18)15-10/h2-9,19H,1H3. The third kappa shape index (κ3) is 2.06. The van der Waals surface area contributed by atoms with E-state index in [0.717, 1.165) is 11.4 Å². The van der Waals surface area contributed by atoms with Gasteiger partial charge in [0.15, 0.2) is 17.2 Å². The van der Waals surface area contributed by atoms with E-state index in [9.17, 15) is 5.11 Å². The van der Waals surface area contributed by atoms with Crippen LogP contribution < -0.4 is 0 Å². The number of hydrogen-bond donors (Lipinski definition) is 1. The molecule has 0 spiro atoms. The second-order valence-corrected chi connectivity index (χ2v) is 4.14. The lowest BCUT2D eigenvalue weighted by Crippen LogP contribution is -1.82. The molecule has 2 heterocycles. The normalized spacial score (nSPS) is 11.4. The Morgan fingerprint density at radius 3 is 2.63 bits per heavy atom. The van der Waals surface area contributed by atoms with Gasteiger partial charge in [0.1, 0.15) is 0 Å². The van der Waals surface area contributed by atoms with E-state index in [1.807, 2.05) is 37.3 Å². The van der Waals surface area contributed by atoms with Crippen LogP contribution in [-0.4, -0.2) is 14.5 Å². The Labute approximate surface area is 109 Å². The second-order valence-electron chi connectivity index (χ2n) is 4.14. The number of benzene rings is 1. The Balaban J connectivity index is 2.09. The lowest BCUT2D eigenvalue weighted by atomic mass is 10.3. The van der Waals surface area contributed by atoms with Crippen molar-refractivity contribution < 1.29 is 5.11 Å². The molecule has 5 heteroatoms. The minimum atomic E-state index is 0.131. The number of aromatic hydroxyl groups is 1. The molecule has 94 valence electrons. The average Bonchev–Trinajstić information content (AvgIpc) is 2.75. The van der Waals surface area contributed by atoms with Gasteiger partial charge in [-0.05, 0) is 31.2 Å². The van der Waals surface area contributed by atoms with Crippen LogP contribution in [0.1, 0.15) is 5.69 Å². The molecule has 0 aliphatic rings. The van der Waals surface area contributed by atoms with Crippen molar-refractivity contribution in [3.8, 4) is 5.75 Å². The highest BCUT2D eigenvalue weighted by Crippen LogP contribution is 2.27. The highest BCUT2D eigenvalue weighted by atomic mass is 16.3. The molecule has 19 heavy (non-hydrogen) atoms. The monoisotopic (exact) mass is 252 g/mol. The Hall–Kier alpha value is -2.69. The summed E-state index contributed by atoms with van der Waals surface area (Å²) >= 11 is 0. The quantitative estimate of drug-likeness (QED) is 0.706. The molecule has 1 aromatic carbocycles. The van der Waals surface area contributed by atoms with Crippen LogP contribution in [0.15, 0.2) is 58.9 Å². The van der Waals surface area contributed by atoms with Crippen LogP contribution in [-0.2, 0) is 0 Å². The Kier molecular flexibility index (Phi) is 2.72. The summed E-state index contributed by atoms with van der Waals surface area (Å²) in [6, 6.07) is 12.8. The van der Waals surface area contributed by atoms with Crippen LogP contribution >= 0.6 is 0 Å². The number of aryl methyl sites for hydroxylation is 1. The van der Waals surface area contributed by atoms with Crippen molar-refractivity contribution in [2.24, 2.45) is 10.2 Å². The van der Waals surface area contributed by atoms with Gasteiger partial charge in [0.2, 0.25) is 0 Å². The zero-order valence-electron chi connectivity index (χ0n) is 10.4. The molecule has 1 N–H and O–H groups in total. The van der Waals surface area contributed by atoms with Gasteiger partial charge in [-0.25, -0.2) is 4.98 Å². The van der Waals surface area contributed by atoms with Gasteiger partial charge < -0.3 is 5.11 Å². The predicted octanol–water partition coefficient (Wildman–Crippen LogP) is 3.76. The zero-order valence-corrected chi connectivity index (χ0v) is 10.4. The summed E-state index contributed by atoms with van der Waals surface area (Å²) in [5.74, 6) is 0.751. The van der Waals surface area contributed by atoms with Crippen LogP contribution in [0.5, 0.6) is 5.75 Å². The van der Waals surface area contributed by atoms with E-state index in [2.05, 4.69) is 15.2 Å². The third-order valence-electron chi connectivity index (χ3n) is 2.79. The minimum absolute atomic E-state index is 0.131. The molecule has 0 aliphatic heterocycles. The van der Waals surface area contributed by atoms with Crippen LogP contribution in [0.3, 0.4) is 0 Å². The maximum Gasteiger partial charge on any atom is 0.182 e. The highest BCUT2D eigenvalue weighted by Gasteiger charge is 2.10. The van der Waals surface area contributed by atoms with Crippen molar-refractivity contribution in [2.75, 3.05) is 0 Å². The molecule has 3 rings (SSSR count). The first-order valence-corrected chi connectivity index (χ1v) is 5.89. The van der Waals surface area contributed by atoms with Gasteiger partial charge in [0.05, 0.1) is 11.4 Å². The second kappa shape index (κ2) is 4.53. The van der Waals surface area contributed by atoms with Crippen molar-refractivity contribution in [1.29, 1.82) is 0 Å². The largest absolute Gasteiger partial charge is 0.504 e. The smallest absolute Gasteiger partial charge is 0.182 e. The summed E-state index contributed by atoms with van der Waals surface area (Å²) in [6.07, 6.45) is 1.80. The van der Waals surface area contributed by atoms with Gasteiger partial charge in [0.25, 0.3) is 0 Å². The fourth-order valence-electron chi connectivity index (χ4n) is 1.87. The summed E-state index contributed by atoms with van der Waals surface area (Å²) in [5.41, 5.74) is 1.99. The first-order chi connectivity index (χ1) is 9.25. The van der Waals surface area contributed by atoms with E-state index in [4.69, 9.17) is 0 Å². The van der Waals surface area contributed by atoms with Crippen molar-refractivity contribution in [3.05, 3.63) is 54.4 Å². The molecule has 0 unspecified atom stereocenters. The van der Waals surface area contributed by atoms with Crippen molar-refractivity contribution in [3.63, 3.8) is 0 Å². The maximum atomic E-state index is 9.74. The average molecular weight is 252 g/mol. The topological polar surface area (TPSA) is 62.2 Å². The van der Waals surface area contributed by atoms with Gasteiger partial charge in [0, 0.05) is 6.20 Å². The number of nitrogens with zero attached hydrogens (tertiary/aromatic N) is 4.